The maximum absolute atomic E-state index is 13.4. The molecule has 1 aliphatic rings. The first-order chi connectivity index (χ1) is 19.2. The third-order valence-electron chi connectivity index (χ3n) is 6.20. The van der Waals surface area contributed by atoms with Gasteiger partial charge < -0.3 is 15.4 Å². The second kappa shape index (κ2) is 12.4. The van der Waals surface area contributed by atoms with Crippen molar-refractivity contribution in [1.29, 1.82) is 0 Å². The number of halogens is 1. The van der Waals surface area contributed by atoms with E-state index in [9.17, 15) is 24.5 Å². The van der Waals surface area contributed by atoms with E-state index < -0.39 is 22.8 Å². The molecule has 1 heterocycles. The van der Waals surface area contributed by atoms with Gasteiger partial charge in [-0.15, -0.1) is 0 Å². The predicted octanol–water partition coefficient (Wildman–Crippen LogP) is 5.95. The molecule has 10 nitrogen and oxygen atoms in total. The molecule has 1 aliphatic heterocycles. The van der Waals surface area contributed by atoms with Crippen molar-refractivity contribution in [2.45, 2.75) is 26.3 Å². The Morgan fingerprint density at radius 1 is 1.07 bits per heavy atom. The van der Waals surface area contributed by atoms with Crippen molar-refractivity contribution in [2.24, 2.45) is 0 Å². The zero-order valence-corrected chi connectivity index (χ0v) is 22.6. The third kappa shape index (κ3) is 5.97. The molecule has 0 saturated heterocycles. The summed E-state index contributed by atoms with van der Waals surface area (Å²) in [7, 11) is 0. The molecule has 0 bridgehead atoms. The fourth-order valence-corrected chi connectivity index (χ4v) is 4.65. The molecule has 2 N–H and O–H groups in total. The van der Waals surface area contributed by atoms with Crippen LogP contribution in [0.15, 0.2) is 78.4 Å². The van der Waals surface area contributed by atoms with Crippen LogP contribution < -0.4 is 10.6 Å². The van der Waals surface area contributed by atoms with Crippen LogP contribution in [0, 0.1) is 10.1 Å². The van der Waals surface area contributed by atoms with Crippen molar-refractivity contribution in [3.63, 3.8) is 0 Å². The number of ether oxygens (including phenoxy) is 1. The topological polar surface area (TPSA) is 131 Å². The maximum Gasteiger partial charge on any atom is 0.338 e. The number of anilines is 1. The van der Waals surface area contributed by atoms with Gasteiger partial charge in [0.1, 0.15) is 5.02 Å². The predicted molar refractivity (Wildman–Crippen MR) is 151 cm³/mol. The van der Waals surface area contributed by atoms with Crippen LogP contribution in [-0.2, 0) is 9.53 Å². The molecule has 40 heavy (non-hydrogen) atoms. The molecule has 1 atom stereocenters. The summed E-state index contributed by atoms with van der Waals surface area (Å²) < 4.78 is 5.43. The SMILES string of the molecule is CCCN1C(=O)N[C@@H](c2cccc(NC(=O)c3ccc(Cl)c([N+](=O)[O-])c3)c2)C(C(=O)OCC)=C1c1ccccc1. The van der Waals surface area contributed by atoms with E-state index in [2.05, 4.69) is 10.6 Å². The Morgan fingerprint density at radius 2 is 1.82 bits per heavy atom. The number of nitro benzene ring substituents is 1. The second-order valence-electron chi connectivity index (χ2n) is 8.89. The van der Waals surface area contributed by atoms with Crippen LogP contribution in [0.1, 0.15) is 47.8 Å². The standard InChI is InChI=1S/C29H27ClN4O6/c1-3-15-33-26(18-9-6-5-7-10-18)24(28(36)40-4-2)25(32-29(33)37)19-11-8-12-21(16-19)31-27(35)20-13-14-22(30)23(17-20)34(38)39/h5-14,16-17,25H,3-4,15H2,1-2H3,(H,31,35)(H,32,37)/t25-/m0/s1. The molecule has 0 unspecified atom stereocenters. The Kier molecular flexibility index (Phi) is 8.80. The highest BCUT2D eigenvalue weighted by atomic mass is 35.5. The highest BCUT2D eigenvalue weighted by molar-refractivity contribution is 6.32. The van der Waals surface area contributed by atoms with E-state index in [1.54, 1.807) is 31.2 Å². The van der Waals surface area contributed by atoms with Crippen molar-refractivity contribution in [2.75, 3.05) is 18.5 Å². The summed E-state index contributed by atoms with van der Waals surface area (Å²) in [6.45, 7) is 4.17. The fraction of sp³-hybridized carbons (Fsp3) is 0.207. The van der Waals surface area contributed by atoms with Crippen LogP contribution in [0.3, 0.4) is 0 Å². The summed E-state index contributed by atoms with van der Waals surface area (Å²) >= 11 is 5.87. The molecule has 0 radical (unpaired) electrons. The second-order valence-corrected chi connectivity index (χ2v) is 9.29. The van der Waals surface area contributed by atoms with E-state index in [4.69, 9.17) is 16.3 Å². The number of esters is 1. The molecule has 0 aliphatic carbocycles. The van der Waals surface area contributed by atoms with Gasteiger partial charge in [-0.25, -0.2) is 9.59 Å². The lowest BCUT2D eigenvalue weighted by atomic mass is 9.91. The van der Waals surface area contributed by atoms with Crippen molar-refractivity contribution >= 4 is 46.6 Å². The van der Waals surface area contributed by atoms with E-state index in [0.29, 0.717) is 35.5 Å². The van der Waals surface area contributed by atoms with E-state index in [-0.39, 0.29) is 34.5 Å². The molecular weight excluding hydrogens is 536 g/mol. The first-order valence-electron chi connectivity index (χ1n) is 12.6. The zero-order valence-electron chi connectivity index (χ0n) is 21.8. The Balaban J connectivity index is 1.76. The lowest BCUT2D eigenvalue weighted by Gasteiger charge is -2.37. The number of hydrogen-bond acceptors (Lipinski definition) is 6. The molecule has 0 fully saturated rings. The van der Waals surface area contributed by atoms with Gasteiger partial charge in [0.05, 0.1) is 28.8 Å². The lowest BCUT2D eigenvalue weighted by molar-refractivity contribution is -0.384. The molecule has 3 aromatic rings. The molecule has 0 spiro atoms. The van der Waals surface area contributed by atoms with E-state index in [1.165, 1.54) is 17.0 Å². The zero-order chi connectivity index (χ0) is 28.8. The average molecular weight is 563 g/mol. The van der Waals surface area contributed by atoms with Gasteiger partial charge in [0.2, 0.25) is 0 Å². The van der Waals surface area contributed by atoms with Gasteiger partial charge in [0, 0.05) is 23.9 Å². The van der Waals surface area contributed by atoms with Crippen molar-refractivity contribution in [3.8, 4) is 0 Å². The number of urea groups is 1. The van der Waals surface area contributed by atoms with Crippen LogP contribution in [0.25, 0.3) is 5.70 Å². The Morgan fingerprint density at radius 3 is 2.50 bits per heavy atom. The minimum absolute atomic E-state index is 0.0427. The number of amides is 3. The highest BCUT2D eigenvalue weighted by Gasteiger charge is 2.38. The number of nitrogens with one attached hydrogen (secondary N) is 2. The summed E-state index contributed by atoms with van der Waals surface area (Å²) in [5, 5.41) is 16.8. The van der Waals surface area contributed by atoms with Crippen molar-refractivity contribution < 1.29 is 24.0 Å². The summed E-state index contributed by atoms with van der Waals surface area (Å²) in [5.74, 6) is -1.17. The maximum atomic E-state index is 13.4. The van der Waals surface area contributed by atoms with E-state index in [1.807, 2.05) is 37.3 Å². The molecule has 11 heteroatoms. The summed E-state index contributed by atoms with van der Waals surface area (Å²) in [4.78, 5) is 51.7. The summed E-state index contributed by atoms with van der Waals surface area (Å²) in [6.07, 6.45) is 0.662. The van der Waals surface area contributed by atoms with Gasteiger partial charge in [-0.2, -0.15) is 0 Å². The minimum Gasteiger partial charge on any atom is -0.463 e. The van der Waals surface area contributed by atoms with Gasteiger partial charge in [0.15, 0.2) is 0 Å². The number of carbonyl (C=O) groups is 3. The molecule has 0 aromatic heterocycles. The van der Waals surface area contributed by atoms with Crippen molar-refractivity contribution in [1.82, 2.24) is 10.2 Å². The van der Waals surface area contributed by atoms with Crippen LogP contribution in [0.4, 0.5) is 16.2 Å². The lowest BCUT2D eigenvalue weighted by Crippen LogP contribution is -2.48. The van der Waals surface area contributed by atoms with Crippen molar-refractivity contribution in [3.05, 3.63) is 110 Å². The smallest absolute Gasteiger partial charge is 0.338 e. The number of nitro groups is 1. The normalized spacial score (nSPS) is 14.9. The average Bonchev–Trinajstić information content (AvgIpc) is 2.94. The Labute approximate surface area is 235 Å². The largest absolute Gasteiger partial charge is 0.463 e. The quantitative estimate of drug-likeness (QED) is 0.188. The number of benzene rings is 3. The number of hydrogen-bond donors (Lipinski definition) is 2. The summed E-state index contributed by atoms with van der Waals surface area (Å²) in [6, 6.07) is 18.3. The molecule has 206 valence electrons. The molecule has 0 saturated carbocycles. The van der Waals surface area contributed by atoms with Crippen LogP contribution in [0.2, 0.25) is 5.02 Å². The number of nitrogens with zero attached hydrogens (tertiary/aromatic N) is 2. The molecular formula is C29H27ClN4O6. The van der Waals surface area contributed by atoms with Gasteiger partial charge >= 0.3 is 12.0 Å². The van der Waals surface area contributed by atoms with Gasteiger partial charge in [0.25, 0.3) is 11.6 Å². The summed E-state index contributed by atoms with van der Waals surface area (Å²) in [5.41, 5.74) is 1.95. The van der Waals surface area contributed by atoms with Gasteiger partial charge in [-0.3, -0.25) is 19.8 Å². The number of rotatable bonds is 9. The molecule has 4 rings (SSSR count). The fourth-order valence-electron chi connectivity index (χ4n) is 4.47. The Hall–Kier alpha value is -4.70. The minimum atomic E-state index is -0.872. The van der Waals surface area contributed by atoms with Crippen LogP contribution in [-0.4, -0.2) is 40.9 Å². The van der Waals surface area contributed by atoms with Gasteiger partial charge in [-0.05, 0) is 48.7 Å². The first-order valence-corrected chi connectivity index (χ1v) is 13.0. The number of carbonyl (C=O) groups excluding carboxylic acids is 3. The highest BCUT2D eigenvalue weighted by Crippen LogP contribution is 2.37. The molecule has 3 amide bonds. The van der Waals surface area contributed by atoms with Crippen LogP contribution in [0.5, 0.6) is 0 Å². The van der Waals surface area contributed by atoms with Gasteiger partial charge in [-0.1, -0.05) is 61.0 Å². The molecule has 3 aromatic carbocycles. The Bertz CT molecular complexity index is 1490. The monoisotopic (exact) mass is 562 g/mol. The third-order valence-corrected chi connectivity index (χ3v) is 6.52. The van der Waals surface area contributed by atoms with Crippen LogP contribution >= 0.6 is 11.6 Å². The van der Waals surface area contributed by atoms with E-state index in [0.717, 1.165) is 6.07 Å². The first kappa shape index (κ1) is 28.3. The van der Waals surface area contributed by atoms with E-state index >= 15 is 0 Å².